The van der Waals surface area contributed by atoms with E-state index in [1.165, 1.54) is 19.1 Å². The zero-order valence-electron chi connectivity index (χ0n) is 10.9. The van der Waals surface area contributed by atoms with Gasteiger partial charge < -0.3 is 14.6 Å². The number of unbranched alkanes of at least 4 members (excludes halogenated alkanes) is 4. The Kier molecular flexibility index (Phi) is 7.18. The summed E-state index contributed by atoms with van der Waals surface area (Å²) >= 11 is 0. The van der Waals surface area contributed by atoms with Gasteiger partial charge in [-0.15, -0.1) is 0 Å². The zero-order valence-corrected chi connectivity index (χ0v) is 10.9. The summed E-state index contributed by atoms with van der Waals surface area (Å²) < 4.78 is 10.6. The maximum absolute atomic E-state index is 11.1. The molecule has 2 atom stereocenters. The van der Waals surface area contributed by atoms with Gasteiger partial charge in [-0.3, -0.25) is 0 Å². The molecule has 0 aliphatic carbocycles. The first-order chi connectivity index (χ1) is 8.74. The van der Waals surface area contributed by atoms with Gasteiger partial charge >= 0.3 is 5.97 Å². The molecule has 0 saturated heterocycles. The summed E-state index contributed by atoms with van der Waals surface area (Å²) in [7, 11) is 0. The minimum Gasteiger partial charge on any atom is -0.479 e. The molecule has 0 amide bonds. The number of ether oxygens (including phenoxy) is 2. The molecule has 0 aromatic rings. The average molecular weight is 254 g/mol. The summed E-state index contributed by atoms with van der Waals surface area (Å²) in [5, 5.41) is 9.08. The van der Waals surface area contributed by atoms with Crippen LogP contribution in [0.3, 0.4) is 0 Å². The first-order valence-corrected chi connectivity index (χ1v) is 6.61. The average Bonchev–Trinajstić information content (AvgIpc) is 2.38. The summed E-state index contributed by atoms with van der Waals surface area (Å²) in [5.41, 5.74) is 0. The second-order valence-corrected chi connectivity index (χ2v) is 4.38. The van der Waals surface area contributed by atoms with Gasteiger partial charge in [-0.1, -0.05) is 45.1 Å². The highest BCUT2D eigenvalue weighted by Gasteiger charge is 2.22. The number of allylic oxidation sites excluding steroid dienone is 2. The van der Waals surface area contributed by atoms with E-state index in [1.54, 1.807) is 18.2 Å². The first kappa shape index (κ1) is 14.8. The molecule has 4 heteroatoms. The topological polar surface area (TPSA) is 55.8 Å². The van der Waals surface area contributed by atoms with Crippen molar-refractivity contribution in [3.05, 3.63) is 24.5 Å². The van der Waals surface area contributed by atoms with Gasteiger partial charge in [0.2, 0.25) is 6.29 Å². The Morgan fingerprint density at radius 1 is 1.33 bits per heavy atom. The van der Waals surface area contributed by atoms with Crippen LogP contribution in [0.1, 0.15) is 45.4 Å². The third-order valence-corrected chi connectivity index (χ3v) is 2.81. The van der Waals surface area contributed by atoms with E-state index in [1.807, 2.05) is 0 Å². The number of carboxylic acid groups (broad SMARTS) is 1. The highest BCUT2D eigenvalue weighted by Crippen LogP contribution is 2.14. The summed E-state index contributed by atoms with van der Waals surface area (Å²) in [6.07, 6.45) is 11.4. The van der Waals surface area contributed by atoms with Crippen LogP contribution in [0.2, 0.25) is 0 Å². The summed E-state index contributed by atoms with van der Waals surface area (Å²) in [5.74, 6) is -0.919. The molecule has 1 aliphatic heterocycles. The normalized spacial score (nSPS) is 19.5. The predicted molar refractivity (Wildman–Crippen MR) is 69.0 cm³/mol. The van der Waals surface area contributed by atoms with Crippen molar-refractivity contribution in [3.63, 3.8) is 0 Å². The lowest BCUT2D eigenvalue weighted by molar-refractivity contribution is -0.168. The van der Waals surface area contributed by atoms with Crippen LogP contribution in [0.25, 0.3) is 0 Å². The Morgan fingerprint density at radius 2 is 2.11 bits per heavy atom. The number of rotatable bonds is 9. The molecule has 0 bridgehead atoms. The van der Waals surface area contributed by atoms with E-state index in [2.05, 4.69) is 6.92 Å². The van der Waals surface area contributed by atoms with Crippen LogP contribution in [0.5, 0.6) is 0 Å². The Labute approximate surface area is 108 Å². The number of aliphatic carboxylic acids is 1. The van der Waals surface area contributed by atoms with Crippen molar-refractivity contribution in [3.8, 4) is 0 Å². The van der Waals surface area contributed by atoms with E-state index in [9.17, 15) is 4.79 Å². The number of hydrogen-bond acceptors (Lipinski definition) is 3. The largest absolute Gasteiger partial charge is 0.479 e. The molecule has 0 spiro atoms. The molecule has 0 aromatic heterocycles. The Bertz CT molecular complexity index is 296. The van der Waals surface area contributed by atoms with Gasteiger partial charge in [-0.2, -0.15) is 0 Å². The lowest BCUT2D eigenvalue weighted by atomic mass is 10.1. The quantitative estimate of drug-likeness (QED) is 0.642. The molecule has 4 nitrogen and oxygen atoms in total. The molecule has 1 N–H and O–H groups in total. The van der Waals surface area contributed by atoms with E-state index in [0.29, 0.717) is 6.42 Å². The van der Waals surface area contributed by atoms with Gasteiger partial charge in [0.1, 0.15) is 0 Å². The molecular weight excluding hydrogens is 232 g/mol. The van der Waals surface area contributed by atoms with Crippen LogP contribution < -0.4 is 0 Å². The molecule has 0 saturated carbocycles. The van der Waals surface area contributed by atoms with Crippen molar-refractivity contribution in [1.82, 2.24) is 0 Å². The Hall–Kier alpha value is -1.29. The predicted octanol–water partition coefficient (Wildman–Crippen LogP) is 3.24. The van der Waals surface area contributed by atoms with Crippen molar-refractivity contribution in [2.24, 2.45) is 0 Å². The number of carbonyl (C=O) groups is 1. The highest BCUT2D eigenvalue weighted by molar-refractivity contribution is 5.72. The maximum Gasteiger partial charge on any atom is 0.332 e. The highest BCUT2D eigenvalue weighted by atomic mass is 16.7. The summed E-state index contributed by atoms with van der Waals surface area (Å²) in [6.45, 7) is 2.16. The lowest BCUT2D eigenvalue weighted by Crippen LogP contribution is -2.29. The van der Waals surface area contributed by atoms with Crippen LogP contribution in [-0.4, -0.2) is 23.5 Å². The van der Waals surface area contributed by atoms with Crippen LogP contribution in [0.4, 0.5) is 0 Å². The van der Waals surface area contributed by atoms with Gasteiger partial charge in [0.25, 0.3) is 0 Å². The SMILES string of the molecule is CCCCCCCC(OC1C=CC=CO1)C(=O)O. The zero-order chi connectivity index (χ0) is 13.2. The smallest absolute Gasteiger partial charge is 0.332 e. The van der Waals surface area contributed by atoms with Gasteiger partial charge in [-0.25, -0.2) is 4.79 Å². The van der Waals surface area contributed by atoms with Gasteiger partial charge in [-0.05, 0) is 18.6 Å². The van der Waals surface area contributed by atoms with E-state index in [0.717, 1.165) is 19.3 Å². The minimum absolute atomic E-state index is 0.538. The second kappa shape index (κ2) is 8.75. The third kappa shape index (κ3) is 5.87. The monoisotopic (exact) mass is 254 g/mol. The van der Waals surface area contributed by atoms with E-state index >= 15 is 0 Å². The molecule has 0 aromatic carbocycles. The molecule has 1 heterocycles. The molecular formula is C14H22O4. The minimum atomic E-state index is -0.919. The van der Waals surface area contributed by atoms with Crippen LogP contribution in [0, 0.1) is 0 Å². The molecule has 1 aliphatic rings. The van der Waals surface area contributed by atoms with Gasteiger partial charge in [0, 0.05) is 0 Å². The number of carboxylic acids is 1. The third-order valence-electron chi connectivity index (χ3n) is 2.81. The van der Waals surface area contributed by atoms with Crippen molar-refractivity contribution in [1.29, 1.82) is 0 Å². The van der Waals surface area contributed by atoms with Gasteiger partial charge in [0.15, 0.2) is 6.10 Å². The summed E-state index contributed by atoms with van der Waals surface area (Å²) in [4.78, 5) is 11.1. The Morgan fingerprint density at radius 3 is 2.72 bits per heavy atom. The summed E-state index contributed by atoms with van der Waals surface area (Å²) in [6, 6.07) is 0. The lowest BCUT2D eigenvalue weighted by Gasteiger charge is -2.20. The van der Waals surface area contributed by atoms with Crippen molar-refractivity contribution >= 4 is 5.97 Å². The molecule has 2 unspecified atom stereocenters. The van der Waals surface area contributed by atoms with E-state index < -0.39 is 18.4 Å². The molecule has 0 radical (unpaired) electrons. The first-order valence-electron chi connectivity index (χ1n) is 6.61. The Balaban J connectivity index is 2.24. The molecule has 0 fully saturated rings. The van der Waals surface area contributed by atoms with Crippen molar-refractivity contribution < 1.29 is 19.4 Å². The van der Waals surface area contributed by atoms with Crippen LogP contribution in [0.15, 0.2) is 24.5 Å². The fourth-order valence-corrected chi connectivity index (χ4v) is 1.79. The molecule has 102 valence electrons. The standard InChI is InChI=1S/C14H22O4/c1-2-3-4-5-6-9-12(14(15)16)18-13-10-7-8-11-17-13/h7-8,10-13H,2-6,9H2,1H3,(H,15,16). The second-order valence-electron chi connectivity index (χ2n) is 4.38. The molecule has 18 heavy (non-hydrogen) atoms. The van der Waals surface area contributed by atoms with Crippen LogP contribution in [-0.2, 0) is 14.3 Å². The van der Waals surface area contributed by atoms with Crippen LogP contribution >= 0.6 is 0 Å². The number of hydrogen-bond donors (Lipinski definition) is 1. The molecule has 1 rings (SSSR count). The fourth-order valence-electron chi connectivity index (χ4n) is 1.79. The fraction of sp³-hybridized carbons (Fsp3) is 0.643. The van der Waals surface area contributed by atoms with Crippen molar-refractivity contribution in [2.45, 2.75) is 57.8 Å². The van der Waals surface area contributed by atoms with E-state index in [-0.39, 0.29) is 0 Å². The van der Waals surface area contributed by atoms with Crippen molar-refractivity contribution in [2.75, 3.05) is 0 Å². The van der Waals surface area contributed by atoms with E-state index in [4.69, 9.17) is 14.6 Å². The van der Waals surface area contributed by atoms with Gasteiger partial charge in [0.05, 0.1) is 6.26 Å². The maximum atomic E-state index is 11.1.